The summed E-state index contributed by atoms with van der Waals surface area (Å²) in [4.78, 5) is 10.8. The average molecular weight is 305 g/mol. The normalized spacial score (nSPS) is 15.1. The summed E-state index contributed by atoms with van der Waals surface area (Å²) in [5, 5.41) is 18.9. The topological polar surface area (TPSA) is 117 Å². The van der Waals surface area contributed by atoms with Gasteiger partial charge in [0.2, 0.25) is 10.0 Å². The molecule has 0 aliphatic rings. The maximum absolute atomic E-state index is 12.2. The zero-order valence-electron chi connectivity index (χ0n) is 11.8. The molecule has 0 saturated heterocycles. The number of aryl methyl sites for hydroxylation is 2. The number of hydrogen-bond donors (Lipinski definition) is 3. The second kappa shape index (κ2) is 5.55. The van der Waals surface area contributed by atoms with Crippen LogP contribution >= 0.6 is 0 Å². The van der Waals surface area contributed by atoms with Crippen LogP contribution < -0.4 is 4.72 Å². The Hall–Kier alpha value is -1.38. The number of nitrogens with one attached hydrogen (secondary N) is 1. The maximum atomic E-state index is 12.2. The van der Waals surface area contributed by atoms with Crippen LogP contribution in [0.2, 0.25) is 0 Å². The van der Waals surface area contributed by atoms with E-state index < -0.39 is 26.5 Å². The summed E-state index contributed by atoms with van der Waals surface area (Å²) in [5.74, 6) is -1.34. The first-order chi connectivity index (χ1) is 9.02. The van der Waals surface area contributed by atoms with Crippen LogP contribution in [0.4, 0.5) is 0 Å². The highest BCUT2D eigenvalue weighted by atomic mass is 32.2. The number of aliphatic hydroxyl groups is 1. The van der Waals surface area contributed by atoms with Crippen molar-refractivity contribution in [2.45, 2.75) is 44.6 Å². The molecule has 0 radical (unpaired) electrons. The Bertz CT molecular complexity index is 614. The van der Waals surface area contributed by atoms with Crippen molar-refractivity contribution >= 4 is 16.0 Å². The first-order valence-corrected chi connectivity index (χ1v) is 7.55. The van der Waals surface area contributed by atoms with E-state index in [4.69, 9.17) is 9.52 Å². The number of carboxylic acid groups (broad SMARTS) is 1. The van der Waals surface area contributed by atoms with Gasteiger partial charge < -0.3 is 14.6 Å². The van der Waals surface area contributed by atoms with Gasteiger partial charge in [0.25, 0.3) is 0 Å². The molecule has 0 bridgehead atoms. The summed E-state index contributed by atoms with van der Waals surface area (Å²) >= 11 is 0. The Balaban J connectivity index is 3.20. The van der Waals surface area contributed by atoms with Crippen molar-refractivity contribution in [1.82, 2.24) is 4.72 Å². The highest BCUT2D eigenvalue weighted by Gasteiger charge is 2.32. The van der Waals surface area contributed by atoms with Gasteiger partial charge in [-0.3, -0.25) is 0 Å². The van der Waals surface area contributed by atoms with Crippen molar-refractivity contribution in [2.75, 3.05) is 6.54 Å². The van der Waals surface area contributed by atoms with E-state index in [1.165, 1.54) is 20.8 Å². The Morgan fingerprint density at radius 2 is 1.90 bits per heavy atom. The van der Waals surface area contributed by atoms with E-state index in [0.717, 1.165) is 0 Å². The molecule has 1 heterocycles. The fraction of sp³-hybridized carbons (Fsp3) is 0.583. The number of sulfonamides is 1. The predicted molar refractivity (Wildman–Crippen MR) is 71.2 cm³/mol. The molecule has 0 fully saturated rings. The minimum atomic E-state index is -4.07. The summed E-state index contributed by atoms with van der Waals surface area (Å²) in [6, 6.07) is 0. The SMILES string of the molecule is CCC(C)(O)CNS(=O)(=O)c1c(C)oc(C)c1C(=O)O. The largest absolute Gasteiger partial charge is 0.478 e. The average Bonchev–Trinajstić information content (AvgIpc) is 2.63. The van der Waals surface area contributed by atoms with Crippen LogP contribution in [0.5, 0.6) is 0 Å². The molecule has 1 unspecified atom stereocenters. The Morgan fingerprint density at radius 1 is 1.35 bits per heavy atom. The smallest absolute Gasteiger partial charge is 0.340 e. The van der Waals surface area contributed by atoms with E-state index in [2.05, 4.69) is 4.72 Å². The van der Waals surface area contributed by atoms with Gasteiger partial charge in [0.05, 0.1) is 5.60 Å². The van der Waals surface area contributed by atoms with Crippen LogP contribution in [0.1, 0.15) is 42.1 Å². The molecule has 8 heteroatoms. The number of furan rings is 1. The number of hydrogen-bond acceptors (Lipinski definition) is 5. The first kappa shape index (κ1) is 16.7. The van der Waals surface area contributed by atoms with Gasteiger partial charge in [0.1, 0.15) is 22.0 Å². The second-order valence-corrected chi connectivity index (χ2v) is 6.60. The van der Waals surface area contributed by atoms with Crippen molar-refractivity contribution in [3.05, 3.63) is 17.1 Å². The van der Waals surface area contributed by atoms with Crippen molar-refractivity contribution < 1.29 is 27.8 Å². The third-order valence-electron chi connectivity index (χ3n) is 3.09. The van der Waals surface area contributed by atoms with E-state index in [1.807, 2.05) is 0 Å². The van der Waals surface area contributed by atoms with Gasteiger partial charge in [-0.25, -0.2) is 17.9 Å². The highest BCUT2D eigenvalue weighted by Crippen LogP contribution is 2.26. The predicted octanol–water partition coefficient (Wildman–Crippen LogP) is 1.03. The van der Waals surface area contributed by atoms with Gasteiger partial charge in [0, 0.05) is 6.54 Å². The lowest BCUT2D eigenvalue weighted by molar-refractivity contribution is 0.0613. The molecule has 0 aliphatic carbocycles. The maximum Gasteiger partial charge on any atom is 0.340 e. The monoisotopic (exact) mass is 305 g/mol. The molecular weight excluding hydrogens is 286 g/mol. The van der Waals surface area contributed by atoms with E-state index in [1.54, 1.807) is 6.92 Å². The van der Waals surface area contributed by atoms with Gasteiger partial charge in [-0.2, -0.15) is 0 Å². The molecule has 0 aromatic carbocycles. The number of aromatic carboxylic acids is 1. The fourth-order valence-corrected chi connectivity index (χ4v) is 3.25. The minimum absolute atomic E-state index is 0.00328. The second-order valence-electron chi connectivity index (χ2n) is 4.90. The van der Waals surface area contributed by atoms with Crippen LogP contribution in [0.15, 0.2) is 9.31 Å². The number of rotatable bonds is 6. The van der Waals surface area contributed by atoms with Crippen molar-refractivity contribution in [3.63, 3.8) is 0 Å². The zero-order valence-corrected chi connectivity index (χ0v) is 12.7. The summed E-state index contributed by atoms with van der Waals surface area (Å²) in [7, 11) is -4.07. The fourth-order valence-electron chi connectivity index (χ4n) is 1.68. The molecule has 1 aromatic rings. The Labute approximate surface area is 117 Å². The number of carbonyl (C=O) groups is 1. The lowest BCUT2D eigenvalue weighted by Gasteiger charge is -2.21. The molecule has 3 N–H and O–H groups in total. The molecule has 1 rings (SSSR count). The van der Waals surface area contributed by atoms with Crippen LogP contribution in [-0.4, -0.2) is 36.7 Å². The molecule has 7 nitrogen and oxygen atoms in total. The first-order valence-electron chi connectivity index (χ1n) is 6.07. The van der Waals surface area contributed by atoms with Gasteiger partial charge in [-0.1, -0.05) is 6.92 Å². The summed E-state index contributed by atoms with van der Waals surface area (Å²) in [5.41, 5.74) is -1.59. The molecular formula is C12H19NO6S. The van der Waals surface area contributed by atoms with Crippen molar-refractivity contribution in [2.24, 2.45) is 0 Å². The molecule has 0 saturated carbocycles. The van der Waals surface area contributed by atoms with Crippen LogP contribution in [-0.2, 0) is 10.0 Å². The zero-order chi connectivity index (χ0) is 15.7. The number of carboxylic acids is 1. The quantitative estimate of drug-likeness (QED) is 0.722. The summed E-state index contributed by atoms with van der Waals surface area (Å²) < 4.78 is 31.7. The highest BCUT2D eigenvalue weighted by molar-refractivity contribution is 7.89. The Morgan fingerprint density at radius 3 is 2.35 bits per heavy atom. The van der Waals surface area contributed by atoms with Crippen LogP contribution in [0.25, 0.3) is 0 Å². The van der Waals surface area contributed by atoms with Crippen LogP contribution in [0.3, 0.4) is 0 Å². The minimum Gasteiger partial charge on any atom is -0.478 e. The van der Waals surface area contributed by atoms with Gasteiger partial charge >= 0.3 is 5.97 Å². The van der Waals surface area contributed by atoms with Gasteiger partial charge in [-0.15, -0.1) is 0 Å². The molecule has 0 spiro atoms. The van der Waals surface area contributed by atoms with E-state index in [-0.39, 0.29) is 23.6 Å². The lowest BCUT2D eigenvalue weighted by Crippen LogP contribution is -2.40. The molecule has 1 atom stereocenters. The summed E-state index contributed by atoms with van der Waals surface area (Å²) in [6.07, 6.45) is 0.352. The molecule has 114 valence electrons. The lowest BCUT2D eigenvalue weighted by atomic mass is 10.1. The van der Waals surface area contributed by atoms with E-state index in [9.17, 15) is 18.3 Å². The molecule has 1 aromatic heterocycles. The van der Waals surface area contributed by atoms with Crippen molar-refractivity contribution in [3.8, 4) is 0 Å². The molecule has 20 heavy (non-hydrogen) atoms. The standard InChI is InChI=1S/C12H19NO6S/c1-5-12(4,16)6-13-20(17,18)10-8(3)19-7(2)9(10)11(14)15/h13,16H,5-6H2,1-4H3,(H,14,15). The van der Waals surface area contributed by atoms with Crippen molar-refractivity contribution in [1.29, 1.82) is 0 Å². The molecule has 0 amide bonds. The molecule has 0 aliphatic heterocycles. The van der Waals surface area contributed by atoms with Crippen LogP contribution in [0, 0.1) is 13.8 Å². The van der Waals surface area contributed by atoms with Gasteiger partial charge in [0.15, 0.2) is 0 Å². The van der Waals surface area contributed by atoms with E-state index >= 15 is 0 Å². The third kappa shape index (κ3) is 3.38. The van der Waals surface area contributed by atoms with Gasteiger partial charge in [-0.05, 0) is 27.2 Å². The van der Waals surface area contributed by atoms with E-state index in [0.29, 0.717) is 6.42 Å². The third-order valence-corrected chi connectivity index (χ3v) is 4.65. The Kier molecular flexibility index (Phi) is 4.62. The summed E-state index contributed by atoms with van der Waals surface area (Å²) in [6.45, 7) is 5.75.